The van der Waals surface area contributed by atoms with Crippen molar-refractivity contribution >= 4 is 23.4 Å². The molecule has 1 aliphatic rings. The van der Waals surface area contributed by atoms with Crippen molar-refractivity contribution in [2.24, 2.45) is 0 Å². The first kappa shape index (κ1) is 11.3. The van der Waals surface area contributed by atoms with Gasteiger partial charge in [-0.15, -0.1) is 11.8 Å². The highest BCUT2D eigenvalue weighted by Gasteiger charge is 2.18. The molecule has 2 rings (SSSR count). The van der Waals surface area contributed by atoms with E-state index in [1.807, 2.05) is 17.8 Å². The van der Waals surface area contributed by atoms with Crippen LogP contribution in [0.1, 0.15) is 31.4 Å². The van der Waals surface area contributed by atoms with E-state index in [9.17, 15) is 0 Å². The molecule has 15 heavy (non-hydrogen) atoms. The van der Waals surface area contributed by atoms with Crippen molar-refractivity contribution in [1.29, 1.82) is 0 Å². The quantitative estimate of drug-likeness (QED) is 0.844. The molecule has 82 valence electrons. The lowest BCUT2D eigenvalue weighted by molar-refractivity contribution is 0.508. The lowest BCUT2D eigenvalue weighted by Crippen LogP contribution is -2.20. The van der Waals surface area contributed by atoms with Crippen LogP contribution in [0.5, 0.6) is 0 Å². The van der Waals surface area contributed by atoms with Crippen LogP contribution in [0.15, 0.2) is 23.1 Å². The van der Waals surface area contributed by atoms with Crippen molar-refractivity contribution in [2.45, 2.75) is 30.7 Å². The Balaban J connectivity index is 2.33. The van der Waals surface area contributed by atoms with Crippen LogP contribution in [0.4, 0.5) is 0 Å². The summed E-state index contributed by atoms with van der Waals surface area (Å²) >= 11 is 8.01. The predicted molar refractivity (Wildman–Crippen MR) is 67.8 cm³/mol. The third-order valence-electron chi connectivity index (χ3n) is 2.69. The van der Waals surface area contributed by atoms with Crippen LogP contribution < -0.4 is 5.32 Å². The summed E-state index contributed by atoms with van der Waals surface area (Å²) in [6, 6.07) is 6.74. The van der Waals surface area contributed by atoms with E-state index >= 15 is 0 Å². The second-order valence-corrected chi connectivity index (χ2v) is 5.36. The average molecular weight is 242 g/mol. The molecule has 1 aromatic carbocycles. The molecule has 1 aromatic rings. The van der Waals surface area contributed by atoms with Crippen LogP contribution >= 0.6 is 23.4 Å². The molecule has 1 unspecified atom stereocenters. The lowest BCUT2D eigenvalue weighted by Gasteiger charge is -2.18. The summed E-state index contributed by atoms with van der Waals surface area (Å²) in [6.45, 7) is 3.17. The third kappa shape index (κ3) is 2.68. The molecule has 0 saturated heterocycles. The van der Waals surface area contributed by atoms with E-state index in [-0.39, 0.29) is 0 Å². The van der Waals surface area contributed by atoms with Gasteiger partial charge in [0.2, 0.25) is 0 Å². The minimum Gasteiger partial charge on any atom is -0.310 e. The Labute approximate surface area is 101 Å². The predicted octanol–water partition coefficient (Wildman–Crippen LogP) is 3.88. The summed E-state index contributed by atoms with van der Waals surface area (Å²) < 4.78 is 0. The molecule has 0 radical (unpaired) electrons. The van der Waals surface area contributed by atoms with Crippen LogP contribution in [0, 0.1) is 0 Å². The fourth-order valence-electron chi connectivity index (χ4n) is 2.01. The van der Waals surface area contributed by atoms with E-state index < -0.39 is 0 Å². The van der Waals surface area contributed by atoms with Crippen molar-refractivity contribution in [2.75, 3.05) is 12.3 Å². The maximum Gasteiger partial charge on any atom is 0.0410 e. The number of hydrogen-bond acceptors (Lipinski definition) is 2. The van der Waals surface area contributed by atoms with Crippen molar-refractivity contribution in [3.8, 4) is 0 Å². The van der Waals surface area contributed by atoms with Gasteiger partial charge in [0.15, 0.2) is 0 Å². The monoisotopic (exact) mass is 241 g/mol. The molecule has 0 amide bonds. The Kier molecular flexibility index (Phi) is 3.95. The molecule has 3 heteroatoms. The Hall–Kier alpha value is -0.180. The molecule has 0 bridgehead atoms. The van der Waals surface area contributed by atoms with Crippen molar-refractivity contribution < 1.29 is 0 Å². The Bertz CT molecular complexity index is 340. The van der Waals surface area contributed by atoms with Crippen LogP contribution in [0.2, 0.25) is 5.02 Å². The smallest absolute Gasteiger partial charge is 0.0410 e. The molecule has 1 heterocycles. The average Bonchev–Trinajstić information content (AvgIpc) is 2.42. The summed E-state index contributed by atoms with van der Waals surface area (Å²) in [5, 5.41) is 4.38. The van der Waals surface area contributed by atoms with Crippen molar-refractivity contribution in [3.05, 3.63) is 28.8 Å². The number of halogens is 1. The number of rotatable bonds is 2. The molecule has 1 aliphatic heterocycles. The third-order valence-corrected chi connectivity index (χ3v) is 4.10. The van der Waals surface area contributed by atoms with Crippen LogP contribution in [0.25, 0.3) is 0 Å². The van der Waals surface area contributed by atoms with Gasteiger partial charge >= 0.3 is 0 Å². The van der Waals surface area contributed by atoms with Gasteiger partial charge in [-0.1, -0.05) is 18.5 Å². The molecule has 0 spiro atoms. The minimum atomic E-state index is 0.485. The summed E-state index contributed by atoms with van der Waals surface area (Å²) in [5.41, 5.74) is 1.38. The van der Waals surface area contributed by atoms with Crippen LogP contribution in [-0.4, -0.2) is 12.3 Å². The first-order valence-corrected chi connectivity index (χ1v) is 6.83. The van der Waals surface area contributed by atoms with Gasteiger partial charge in [-0.05, 0) is 48.9 Å². The highest BCUT2D eigenvalue weighted by molar-refractivity contribution is 7.99. The van der Waals surface area contributed by atoms with Gasteiger partial charge < -0.3 is 5.32 Å². The van der Waals surface area contributed by atoms with Gasteiger partial charge in [-0.2, -0.15) is 0 Å². The molecular weight excluding hydrogens is 226 g/mol. The van der Waals surface area contributed by atoms with E-state index in [2.05, 4.69) is 24.4 Å². The molecule has 0 saturated carbocycles. The first-order chi connectivity index (χ1) is 7.31. The summed E-state index contributed by atoms with van der Waals surface area (Å²) in [6.07, 6.45) is 2.49. The zero-order valence-electron chi connectivity index (χ0n) is 8.92. The summed E-state index contributed by atoms with van der Waals surface area (Å²) in [7, 11) is 0. The fraction of sp³-hybridized carbons (Fsp3) is 0.500. The van der Waals surface area contributed by atoms with Gasteiger partial charge in [0.1, 0.15) is 0 Å². The van der Waals surface area contributed by atoms with Crippen molar-refractivity contribution in [3.63, 3.8) is 0 Å². The number of thioether (sulfide) groups is 1. The topological polar surface area (TPSA) is 12.0 Å². The Morgan fingerprint density at radius 3 is 3.20 bits per heavy atom. The number of hydrogen-bond donors (Lipinski definition) is 1. The normalized spacial score (nSPS) is 20.8. The van der Waals surface area contributed by atoms with E-state index in [0.717, 1.165) is 11.6 Å². The number of benzene rings is 1. The zero-order valence-corrected chi connectivity index (χ0v) is 10.5. The van der Waals surface area contributed by atoms with Gasteiger partial charge in [0.05, 0.1) is 0 Å². The summed E-state index contributed by atoms with van der Waals surface area (Å²) in [5.74, 6) is 1.22. The molecule has 0 aliphatic carbocycles. The standard InChI is InChI=1S/C12H16ClNS/c1-2-14-11-4-3-7-15-12-6-5-9(13)8-10(11)12/h5-6,8,11,14H,2-4,7H2,1H3. The molecule has 1 N–H and O–H groups in total. The minimum absolute atomic E-state index is 0.485. The van der Waals surface area contributed by atoms with E-state index in [1.165, 1.54) is 29.1 Å². The second-order valence-electron chi connectivity index (χ2n) is 3.78. The zero-order chi connectivity index (χ0) is 10.7. The molecular formula is C12H16ClNS. The lowest BCUT2D eigenvalue weighted by atomic mass is 10.0. The van der Waals surface area contributed by atoms with E-state index in [4.69, 9.17) is 11.6 Å². The molecule has 0 fully saturated rings. The van der Waals surface area contributed by atoms with Crippen molar-refractivity contribution in [1.82, 2.24) is 5.32 Å². The SMILES string of the molecule is CCNC1CCCSc2ccc(Cl)cc21. The highest BCUT2D eigenvalue weighted by atomic mass is 35.5. The first-order valence-electron chi connectivity index (χ1n) is 5.47. The second kappa shape index (κ2) is 5.24. The highest BCUT2D eigenvalue weighted by Crippen LogP contribution is 2.36. The largest absolute Gasteiger partial charge is 0.310 e. The number of fused-ring (bicyclic) bond motifs is 1. The van der Waals surface area contributed by atoms with Crippen LogP contribution in [-0.2, 0) is 0 Å². The molecule has 0 aromatic heterocycles. The number of nitrogens with one attached hydrogen (secondary N) is 1. The van der Waals surface area contributed by atoms with Gasteiger partial charge in [-0.3, -0.25) is 0 Å². The van der Waals surface area contributed by atoms with E-state index in [0.29, 0.717) is 6.04 Å². The Morgan fingerprint density at radius 1 is 1.53 bits per heavy atom. The maximum atomic E-state index is 6.06. The van der Waals surface area contributed by atoms with Gasteiger partial charge in [0.25, 0.3) is 0 Å². The maximum absolute atomic E-state index is 6.06. The molecule has 1 atom stereocenters. The van der Waals surface area contributed by atoms with Gasteiger partial charge in [-0.25, -0.2) is 0 Å². The Morgan fingerprint density at radius 2 is 2.40 bits per heavy atom. The fourth-order valence-corrected chi connectivity index (χ4v) is 3.25. The van der Waals surface area contributed by atoms with Crippen LogP contribution in [0.3, 0.4) is 0 Å². The van der Waals surface area contributed by atoms with E-state index in [1.54, 1.807) is 0 Å². The molecule has 1 nitrogen and oxygen atoms in total. The van der Waals surface area contributed by atoms with Gasteiger partial charge in [0, 0.05) is 16.0 Å². The summed E-state index contributed by atoms with van der Waals surface area (Å²) in [4.78, 5) is 1.39.